The summed E-state index contributed by atoms with van der Waals surface area (Å²) >= 11 is -2.67. The van der Waals surface area contributed by atoms with E-state index in [0.717, 1.165) is 5.75 Å². The van der Waals surface area contributed by atoms with Crippen LogP contribution in [0.25, 0.3) is 0 Å². The number of benzene rings is 1. The molecule has 0 unspecified atom stereocenters. The third kappa shape index (κ3) is 12.0. The molecule has 0 atom stereocenters. The van der Waals surface area contributed by atoms with Crippen molar-refractivity contribution in [3.63, 3.8) is 0 Å². The zero-order valence-electron chi connectivity index (χ0n) is 6.91. The van der Waals surface area contributed by atoms with Crippen LogP contribution in [0, 0.1) is 0 Å². The molecule has 0 saturated carbocycles. The van der Waals surface area contributed by atoms with Crippen molar-refractivity contribution >= 4 is 28.4 Å². The molecule has 0 radical (unpaired) electrons. The van der Waals surface area contributed by atoms with Gasteiger partial charge in [-0.3, -0.25) is 0 Å². The summed E-state index contributed by atoms with van der Waals surface area (Å²) in [5.74, 6) is 0.910. The van der Waals surface area contributed by atoms with Crippen LogP contribution in [0.5, 0.6) is 5.75 Å². The van der Waals surface area contributed by atoms with Crippen molar-refractivity contribution in [3.8, 4) is 5.75 Å². The Hall–Kier alpha value is 0.0491. The van der Waals surface area contributed by atoms with Gasteiger partial charge in [0.05, 0.1) is 7.11 Å². The fourth-order valence-corrected chi connectivity index (χ4v) is 0.557. The van der Waals surface area contributed by atoms with Gasteiger partial charge < -0.3 is 4.74 Å². The molecule has 0 saturated heterocycles. The van der Waals surface area contributed by atoms with E-state index in [1.165, 1.54) is 0 Å². The minimum atomic E-state index is -4.39. The maximum atomic E-state index is 9.35. The number of hydrogen-bond acceptors (Lipinski definition) is 2. The Labute approximate surface area is 86.1 Å². The van der Waals surface area contributed by atoms with E-state index in [9.17, 15) is 3.10 Å². The molecule has 0 amide bonds. The Balaban J connectivity index is 0.000000252. The molecule has 0 spiro atoms. The molecule has 13 heavy (non-hydrogen) atoms. The summed E-state index contributed by atoms with van der Waals surface area (Å²) in [6, 6.07) is 9.68. The first-order chi connectivity index (χ1) is 5.93. The van der Waals surface area contributed by atoms with Crippen LogP contribution in [-0.2, 0) is 3.10 Å². The Morgan fingerprint density at radius 1 is 1.31 bits per heavy atom. The van der Waals surface area contributed by atoms with Crippen LogP contribution < -0.4 is 4.74 Å². The molecule has 74 valence electrons. The van der Waals surface area contributed by atoms with E-state index >= 15 is 0 Å². The van der Waals surface area contributed by atoms with E-state index in [4.69, 9.17) is 11.7 Å². The third-order valence-corrected chi connectivity index (χ3v) is 0.979. The first-order valence-electron chi connectivity index (χ1n) is 3.22. The van der Waals surface area contributed by atoms with Gasteiger partial charge >= 0.3 is 38.5 Å². The molecule has 0 aliphatic heterocycles. The van der Waals surface area contributed by atoms with E-state index in [1.54, 1.807) is 19.4 Å². The average molecular weight is 365 g/mol. The molecule has 0 bridgehead atoms. The predicted molar refractivity (Wildman–Crippen MR) is 49.6 cm³/mol. The molecule has 1 aromatic carbocycles. The minimum absolute atomic E-state index is 0.910. The summed E-state index contributed by atoms with van der Waals surface area (Å²) in [4.78, 5) is 0. The second-order valence-electron chi connectivity index (χ2n) is 1.97. The summed E-state index contributed by atoms with van der Waals surface area (Å²) in [6.45, 7) is 0. The maximum absolute atomic E-state index is 9.35. The van der Waals surface area contributed by atoms with Gasteiger partial charge in [0.2, 0.25) is 0 Å². The van der Waals surface area contributed by atoms with Crippen LogP contribution in [0.1, 0.15) is 0 Å². The van der Waals surface area contributed by atoms with Crippen molar-refractivity contribution in [3.05, 3.63) is 30.3 Å². The van der Waals surface area contributed by atoms with Crippen molar-refractivity contribution in [2.45, 2.75) is 0 Å². The van der Waals surface area contributed by atoms with Crippen molar-refractivity contribution in [1.29, 1.82) is 0 Å². The van der Waals surface area contributed by atoms with Crippen LogP contribution in [0.4, 0.5) is 0 Å². The molecule has 0 aromatic heterocycles. The van der Waals surface area contributed by atoms with Crippen LogP contribution >= 0.6 is 0 Å². The second kappa shape index (κ2) is 6.50. The second-order valence-corrected chi connectivity index (χ2v) is 10.6. The van der Waals surface area contributed by atoms with Gasteiger partial charge in [-0.1, -0.05) is 18.2 Å². The Bertz CT molecular complexity index is 314. The van der Waals surface area contributed by atoms with Crippen LogP contribution in [0.3, 0.4) is 0 Å². The van der Waals surface area contributed by atoms with Crippen LogP contribution in [0.2, 0.25) is 0 Å². The monoisotopic (exact) mass is 368 g/mol. The van der Waals surface area contributed by atoms with Gasteiger partial charge in [0.1, 0.15) is 5.75 Å². The fraction of sp³-hybridized carbons (Fsp3) is 0.143. The first kappa shape index (κ1) is 13.0. The summed E-state index contributed by atoms with van der Waals surface area (Å²) in [5, 5.41) is 0. The van der Waals surface area contributed by atoms with Crippen molar-refractivity contribution < 1.29 is 14.8 Å². The predicted octanol–water partition coefficient (Wildman–Crippen LogP) is -0.299. The molecule has 2 N–H and O–H groups in total. The van der Waals surface area contributed by atoms with Gasteiger partial charge in [-0.25, -0.2) is 0 Å². The van der Waals surface area contributed by atoms with Gasteiger partial charge in [0.15, 0.2) is 0 Å². The van der Waals surface area contributed by atoms with Crippen LogP contribution in [0.15, 0.2) is 30.3 Å². The molecule has 0 aliphatic carbocycles. The third-order valence-electron chi connectivity index (χ3n) is 0.979. The molecule has 1 aromatic rings. The fourth-order valence-electron chi connectivity index (χ4n) is 0.557. The molecular formula is C7H10O4SeTe. The topological polar surface area (TPSA) is 66.8 Å². The van der Waals surface area contributed by atoms with Gasteiger partial charge in [-0.2, -0.15) is 0 Å². The molecule has 0 fully saturated rings. The molecule has 1 rings (SSSR count). The number of rotatable bonds is 1. The van der Waals surface area contributed by atoms with Crippen molar-refractivity contribution in [1.82, 2.24) is 0 Å². The van der Waals surface area contributed by atoms with Crippen molar-refractivity contribution in [2.75, 3.05) is 7.11 Å². The van der Waals surface area contributed by atoms with Gasteiger partial charge in [-0.05, 0) is 12.1 Å². The van der Waals surface area contributed by atoms with E-state index in [-0.39, 0.29) is 0 Å². The Morgan fingerprint density at radius 2 is 1.69 bits per heavy atom. The molecule has 4 nitrogen and oxygen atoms in total. The quantitative estimate of drug-likeness (QED) is 0.672. The van der Waals surface area contributed by atoms with E-state index in [2.05, 4.69) is 0 Å². The van der Waals surface area contributed by atoms with Gasteiger partial charge in [0, 0.05) is 0 Å². The van der Waals surface area contributed by atoms with E-state index in [1.807, 2.05) is 30.3 Å². The zero-order chi connectivity index (χ0) is 10.3. The summed E-state index contributed by atoms with van der Waals surface area (Å²) in [5.41, 5.74) is 0. The van der Waals surface area contributed by atoms with Crippen molar-refractivity contribution in [2.24, 2.45) is 0 Å². The average Bonchev–Trinajstić information content (AvgIpc) is 2.03. The van der Waals surface area contributed by atoms with Gasteiger partial charge in [0.25, 0.3) is 0 Å². The Kier molecular flexibility index (Phi) is 6.52. The first-order valence-corrected chi connectivity index (χ1v) is 11.9. The number of ether oxygens (including phenoxy) is 1. The normalized spacial score (nSPS) is 9.77. The SMILES string of the molecule is COc1ccccc1.O=[Te](O)(O)=[Se]. The molecule has 6 heteroatoms. The number of para-hydroxylation sites is 1. The zero-order valence-corrected chi connectivity index (χ0v) is 11.0. The molecule has 0 aliphatic rings. The summed E-state index contributed by atoms with van der Waals surface area (Å²) < 4.78 is 29.6. The standard InChI is InChI=1S/C7H8O.H2O3SeTe/c1-8-7-5-3-2-4-6-7;1-5(2,3)4/h2-6H,1H3;(H2,1,2,3,4). The Morgan fingerprint density at radius 3 is 1.92 bits per heavy atom. The number of hydrogen-bond donors (Lipinski definition) is 2. The van der Waals surface area contributed by atoms with Crippen LogP contribution in [-0.4, -0.2) is 42.5 Å². The van der Waals surface area contributed by atoms with Gasteiger partial charge in [-0.15, -0.1) is 0 Å². The number of methoxy groups -OCH3 is 1. The van der Waals surface area contributed by atoms with E-state index in [0.29, 0.717) is 0 Å². The molecular weight excluding hydrogens is 355 g/mol. The van der Waals surface area contributed by atoms with E-state index < -0.39 is 16.2 Å². The summed E-state index contributed by atoms with van der Waals surface area (Å²) in [7, 11) is 1.66. The summed E-state index contributed by atoms with van der Waals surface area (Å²) in [6.07, 6.45) is 0. The molecule has 0 heterocycles.